The maximum absolute atomic E-state index is 12.8. The van der Waals surface area contributed by atoms with Crippen molar-refractivity contribution in [2.45, 2.75) is 25.8 Å². The third-order valence-electron chi connectivity index (χ3n) is 5.77. The first-order valence-electron chi connectivity index (χ1n) is 9.82. The van der Waals surface area contributed by atoms with Crippen molar-refractivity contribution in [3.05, 3.63) is 92.9 Å². The molecule has 0 N–H and O–H groups in total. The highest BCUT2D eigenvalue weighted by atomic mass is 32.1. The Bertz CT molecular complexity index is 1040. The van der Waals surface area contributed by atoms with Crippen molar-refractivity contribution in [3.63, 3.8) is 0 Å². The van der Waals surface area contributed by atoms with Gasteiger partial charge in [-0.25, -0.2) is 0 Å². The fourth-order valence-electron chi connectivity index (χ4n) is 4.40. The highest BCUT2D eigenvalue weighted by Gasteiger charge is 2.27. The van der Waals surface area contributed by atoms with Crippen LogP contribution < -0.4 is 0 Å². The summed E-state index contributed by atoms with van der Waals surface area (Å²) in [5.74, 6) is 0.252. The van der Waals surface area contributed by atoms with Crippen LogP contribution in [-0.2, 0) is 13.0 Å². The van der Waals surface area contributed by atoms with E-state index in [1.165, 1.54) is 22.3 Å². The Morgan fingerprint density at radius 3 is 2.68 bits per heavy atom. The quantitative estimate of drug-likeness (QED) is 0.623. The molecule has 3 nitrogen and oxygen atoms in total. The van der Waals surface area contributed by atoms with E-state index in [-0.39, 0.29) is 5.78 Å². The summed E-state index contributed by atoms with van der Waals surface area (Å²) in [5.41, 5.74) is 7.64. The second-order valence-corrected chi connectivity index (χ2v) is 8.45. The molecule has 1 aliphatic heterocycles. The molecule has 4 heteroatoms. The summed E-state index contributed by atoms with van der Waals surface area (Å²) in [5, 5.41) is 2.06. The van der Waals surface area contributed by atoms with E-state index in [0.717, 1.165) is 48.5 Å². The molecule has 0 amide bonds. The van der Waals surface area contributed by atoms with Crippen LogP contribution in [0.2, 0.25) is 0 Å². The molecule has 1 fully saturated rings. The number of carbonyl (C=O) groups excluding carboxylic acids is 1. The Kier molecular flexibility index (Phi) is 4.67. The molecular weight excluding hydrogens is 364 g/mol. The number of ketones is 1. The van der Waals surface area contributed by atoms with Gasteiger partial charge in [-0.2, -0.15) is 0 Å². The first kappa shape index (κ1) is 17.5. The van der Waals surface area contributed by atoms with Gasteiger partial charge in [0.2, 0.25) is 0 Å². The van der Waals surface area contributed by atoms with Gasteiger partial charge in [0.15, 0.2) is 5.78 Å². The summed E-state index contributed by atoms with van der Waals surface area (Å²) in [7, 11) is 0. The van der Waals surface area contributed by atoms with Crippen LogP contribution in [0.3, 0.4) is 0 Å². The van der Waals surface area contributed by atoms with Crippen molar-refractivity contribution in [1.82, 2.24) is 9.88 Å². The number of pyridine rings is 1. The Hall–Kier alpha value is -2.56. The normalized spacial score (nSPS) is 17.2. The molecule has 1 saturated heterocycles. The summed E-state index contributed by atoms with van der Waals surface area (Å²) in [6, 6.07) is 14.7. The zero-order chi connectivity index (χ0) is 18.9. The third kappa shape index (κ3) is 3.23. The lowest BCUT2D eigenvalue weighted by Crippen LogP contribution is -2.30. The van der Waals surface area contributed by atoms with Crippen LogP contribution in [0.25, 0.3) is 5.57 Å². The lowest BCUT2D eigenvalue weighted by atomic mass is 9.87. The lowest BCUT2D eigenvalue weighted by Gasteiger charge is -2.30. The molecule has 2 aromatic heterocycles. The number of hydrogen-bond acceptors (Lipinski definition) is 4. The van der Waals surface area contributed by atoms with Gasteiger partial charge in [0.1, 0.15) is 0 Å². The van der Waals surface area contributed by atoms with Gasteiger partial charge in [0, 0.05) is 44.0 Å². The summed E-state index contributed by atoms with van der Waals surface area (Å²) >= 11 is 1.59. The summed E-state index contributed by atoms with van der Waals surface area (Å²) in [4.78, 5) is 20.5. The van der Waals surface area contributed by atoms with Gasteiger partial charge in [-0.15, -0.1) is 11.3 Å². The predicted octanol–water partition coefficient (Wildman–Crippen LogP) is 4.98. The number of nitrogens with zero attached hydrogens (tertiary/aromatic N) is 2. The molecule has 2 aliphatic rings. The smallest absolute Gasteiger partial charge is 0.177 e. The number of thiophene rings is 1. The van der Waals surface area contributed by atoms with Crippen LogP contribution in [0.5, 0.6) is 0 Å². The van der Waals surface area contributed by atoms with Gasteiger partial charge >= 0.3 is 0 Å². The first-order chi connectivity index (χ1) is 13.8. The fraction of sp³-hybridized carbons (Fsp3) is 0.250. The van der Waals surface area contributed by atoms with E-state index in [1.807, 2.05) is 24.5 Å². The number of hydrogen-bond donors (Lipinski definition) is 0. The highest BCUT2D eigenvalue weighted by molar-refractivity contribution is 7.12. The average Bonchev–Trinajstić information content (AvgIpc) is 3.17. The molecule has 3 heterocycles. The van der Waals surface area contributed by atoms with Gasteiger partial charge in [-0.05, 0) is 52.6 Å². The minimum atomic E-state index is 0.252. The zero-order valence-corrected chi connectivity index (χ0v) is 16.5. The summed E-state index contributed by atoms with van der Waals surface area (Å²) in [6.07, 6.45) is 6.39. The number of aromatic nitrogens is 1. The minimum Gasteiger partial charge on any atom is -0.298 e. The van der Waals surface area contributed by atoms with Crippen LogP contribution in [0.4, 0.5) is 0 Å². The maximum Gasteiger partial charge on any atom is 0.177 e. The molecule has 0 saturated carbocycles. The zero-order valence-electron chi connectivity index (χ0n) is 15.7. The Morgan fingerprint density at radius 2 is 1.86 bits per heavy atom. The molecule has 0 radical (unpaired) electrons. The lowest BCUT2D eigenvalue weighted by molar-refractivity contribution is 0.0997. The second-order valence-electron chi connectivity index (χ2n) is 7.54. The Labute approximate surface area is 169 Å². The highest BCUT2D eigenvalue weighted by Crippen LogP contribution is 2.40. The topological polar surface area (TPSA) is 33.2 Å². The van der Waals surface area contributed by atoms with Crippen molar-refractivity contribution in [2.24, 2.45) is 0 Å². The van der Waals surface area contributed by atoms with Crippen molar-refractivity contribution < 1.29 is 4.79 Å². The number of fused-ring (bicyclic) bond motifs is 2. The van der Waals surface area contributed by atoms with Crippen LogP contribution >= 0.6 is 11.3 Å². The summed E-state index contributed by atoms with van der Waals surface area (Å²) in [6.45, 7) is 3.04. The molecule has 0 unspecified atom stereocenters. The predicted molar refractivity (Wildman–Crippen MR) is 114 cm³/mol. The fourth-order valence-corrected chi connectivity index (χ4v) is 5.24. The standard InChI is InChI=1S/C24H22N2OS/c27-22-14-19-5-1-2-6-20(19)23(21-9-13-28-24(21)22)18-7-11-26(12-8-18)16-17-4-3-10-25-15-17/h1-6,9-10,13,15H,7-8,11-12,14,16H2. The Morgan fingerprint density at radius 1 is 1.00 bits per heavy atom. The number of likely N-dealkylation sites (tertiary alicyclic amines) is 1. The molecular formula is C24H22N2OS. The first-order valence-corrected chi connectivity index (χ1v) is 10.7. The number of piperidine rings is 1. The number of Topliss-reactive ketones (excluding diaryl/α,β-unsaturated/α-hetero) is 1. The maximum atomic E-state index is 12.8. The van der Waals surface area contributed by atoms with Crippen LogP contribution in [0, 0.1) is 0 Å². The van der Waals surface area contributed by atoms with Crippen molar-refractivity contribution in [2.75, 3.05) is 13.1 Å². The summed E-state index contributed by atoms with van der Waals surface area (Å²) < 4.78 is 0. The molecule has 3 aromatic rings. The van der Waals surface area contributed by atoms with Gasteiger partial charge in [-0.1, -0.05) is 35.9 Å². The SMILES string of the molecule is O=C1Cc2ccccc2C(=C2CCN(Cc3cccnc3)CC2)c2ccsc21. The van der Waals surface area contributed by atoms with E-state index in [9.17, 15) is 4.79 Å². The van der Waals surface area contributed by atoms with E-state index < -0.39 is 0 Å². The second kappa shape index (κ2) is 7.46. The van der Waals surface area contributed by atoms with Crippen LogP contribution in [0.15, 0.2) is 65.8 Å². The van der Waals surface area contributed by atoms with E-state index in [2.05, 4.69) is 45.6 Å². The molecule has 140 valence electrons. The van der Waals surface area contributed by atoms with Gasteiger partial charge in [0.25, 0.3) is 0 Å². The van der Waals surface area contributed by atoms with E-state index in [4.69, 9.17) is 0 Å². The largest absolute Gasteiger partial charge is 0.298 e. The molecule has 0 spiro atoms. The monoisotopic (exact) mass is 386 g/mol. The van der Waals surface area contributed by atoms with E-state index >= 15 is 0 Å². The van der Waals surface area contributed by atoms with Gasteiger partial charge in [-0.3, -0.25) is 14.7 Å². The molecule has 1 aliphatic carbocycles. The molecule has 1 aromatic carbocycles. The van der Waals surface area contributed by atoms with Crippen molar-refractivity contribution in [1.29, 1.82) is 0 Å². The van der Waals surface area contributed by atoms with Gasteiger partial charge in [0.05, 0.1) is 4.88 Å². The van der Waals surface area contributed by atoms with E-state index in [1.54, 1.807) is 11.3 Å². The van der Waals surface area contributed by atoms with Gasteiger partial charge < -0.3 is 0 Å². The number of rotatable bonds is 2. The van der Waals surface area contributed by atoms with Crippen LogP contribution in [0.1, 0.15) is 44.8 Å². The number of carbonyl (C=O) groups is 1. The third-order valence-corrected chi connectivity index (χ3v) is 6.72. The van der Waals surface area contributed by atoms with Crippen molar-refractivity contribution >= 4 is 22.7 Å². The van der Waals surface area contributed by atoms with E-state index in [0.29, 0.717) is 6.42 Å². The molecule has 0 atom stereocenters. The van der Waals surface area contributed by atoms with Crippen LogP contribution in [-0.4, -0.2) is 28.8 Å². The molecule has 0 bridgehead atoms. The minimum absolute atomic E-state index is 0.252. The average molecular weight is 387 g/mol. The number of benzene rings is 1. The van der Waals surface area contributed by atoms with Crippen molar-refractivity contribution in [3.8, 4) is 0 Å². The molecule has 28 heavy (non-hydrogen) atoms. The Balaban J connectivity index is 1.48. The molecule has 5 rings (SSSR count).